The standard InChI is InChI=1S/C13H18BrClN2/c1-2-6-17-7-5-12(16)13(17)10-4-3-9(14)8-11(10)15/h3-4,8,12-13H,2,5-7,16H2,1H3. The highest BCUT2D eigenvalue weighted by molar-refractivity contribution is 9.10. The van der Waals surface area contributed by atoms with Crippen molar-refractivity contribution >= 4 is 27.5 Å². The first kappa shape index (κ1) is 13.3. The molecule has 0 spiro atoms. The molecule has 1 saturated heterocycles. The van der Waals surface area contributed by atoms with Crippen LogP contribution in [0.15, 0.2) is 22.7 Å². The Hall–Kier alpha value is -0.0900. The van der Waals surface area contributed by atoms with Gasteiger partial charge in [-0.15, -0.1) is 0 Å². The normalized spacial score (nSPS) is 25.4. The number of nitrogens with zero attached hydrogens (tertiary/aromatic N) is 1. The summed E-state index contributed by atoms with van der Waals surface area (Å²) in [4.78, 5) is 2.44. The maximum Gasteiger partial charge on any atom is 0.0514 e. The van der Waals surface area contributed by atoms with Crippen LogP contribution in [0.2, 0.25) is 5.02 Å². The van der Waals surface area contributed by atoms with Gasteiger partial charge in [-0.05, 0) is 37.1 Å². The van der Waals surface area contributed by atoms with Crippen LogP contribution < -0.4 is 5.73 Å². The number of hydrogen-bond donors (Lipinski definition) is 1. The quantitative estimate of drug-likeness (QED) is 0.923. The first-order valence-electron chi connectivity index (χ1n) is 6.08. The average Bonchev–Trinajstić information content (AvgIpc) is 2.62. The molecule has 2 rings (SSSR count). The summed E-state index contributed by atoms with van der Waals surface area (Å²) in [5, 5.41) is 0.808. The monoisotopic (exact) mass is 316 g/mol. The van der Waals surface area contributed by atoms with Crippen molar-refractivity contribution in [2.45, 2.75) is 31.8 Å². The van der Waals surface area contributed by atoms with Crippen LogP contribution in [-0.4, -0.2) is 24.0 Å². The zero-order chi connectivity index (χ0) is 12.4. The van der Waals surface area contributed by atoms with Gasteiger partial charge in [-0.25, -0.2) is 0 Å². The molecule has 0 radical (unpaired) electrons. The van der Waals surface area contributed by atoms with E-state index in [2.05, 4.69) is 33.8 Å². The number of likely N-dealkylation sites (tertiary alicyclic amines) is 1. The molecule has 0 saturated carbocycles. The van der Waals surface area contributed by atoms with E-state index in [-0.39, 0.29) is 12.1 Å². The molecule has 0 aromatic heterocycles. The number of hydrogen-bond acceptors (Lipinski definition) is 2. The van der Waals surface area contributed by atoms with Crippen LogP contribution >= 0.6 is 27.5 Å². The van der Waals surface area contributed by atoms with E-state index in [0.717, 1.165) is 41.0 Å². The summed E-state index contributed by atoms with van der Waals surface area (Å²) in [5.74, 6) is 0. The van der Waals surface area contributed by atoms with E-state index in [1.807, 2.05) is 12.1 Å². The van der Waals surface area contributed by atoms with Gasteiger partial charge in [-0.1, -0.05) is 40.5 Å². The highest BCUT2D eigenvalue weighted by Gasteiger charge is 2.33. The lowest BCUT2D eigenvalue weighted by atomic mass is 10.0. The largest absolute Gasteiger partial charge is 0.326 e. The van der Waals surface area contributed by atoms with Gasteiger partial charge in [0.25, 0.3) is 0 Å². The third-order valence-electron chi connectivity index (χ3n) is 3.34. The smallest absolute Gasteiger partial charge is 0.0514 e. The molecular formula is C13H18BrClN2. The Morgan fingerprint density at radius 1 is 1.53 bits per heavy atom. The minimum absolute atomic E-state index is 0.195. The zero-order valence-corrected chi connectivity index (χ0v) is 12.3. The fraction of sp³-hybridized carbons (Fsp3) is 0.538. The Kier molecular flexibility index (Phi) is 4.47. The Balaban J connectivity index is 2.29. The third kappa shape index (κ3) is 2.84. The number of rotatable bonds is 3. The molecule has 2 unspecified atom stereocenters. The highest BCUT2D eigenvalue weighted by Crippen LogP contribution is 2.36. The Morgan fingerprint density at radius 2 is 2.29 bits per heavy atom. The van der Waals surface area contributed by atoms with Crippen LogP contribution in [0.25, 0.3) is 0 Å². The lowest BCUT2D eigenvalue weighted by molar-refractivity contribution is 0.248. The fourth-order valence-electron chi connectivity index (χ4n) is 2.59. The molecule has 2 N–H and O–H groups in total. The predicted molar refractivity (Wildman–Crippen MR) is 76.3 cm³/mol. The topological polar surface area (TPSA) is 29.3 Å². The van der Waals surface area contributed by atoms with Gasteiger partial charge in [0, 0.05) is 22.1 Å². The van der Waals surface area contributed by atoms with Crippen molar-refractivity contribution in [2.75, 3.05) is 13.1 Å². The van der Waals surface area contributed by atoms with Crippen LogP contribution in [0.3, 0.4) is 0 Å². The highest BCUT2D eigenvalue weighted by atomic mass is 79.9. The Morgan fingerprint density at radius 3 is 2.94 bits per heavy atom. The van der Waals surface area contributed by atoms with Gasteiger partial charge >= 0.3 is 0 Å². The van der Waals surface area contributed by atoms with Gasteiger partial charge in [0.05, 0.1) is 6.04 Å². The number of nitrogens with two attached hydrogens (primary N) is 1. The summed E-state index contributed by atoms with van der Waals surface area (Å²) in [6, 6.07) is 6.55. The molecule has 0 amide bonds. The second-order valence-electron chi connectivity index (χ2n) is 4.60. The molecule has 0 bridgehead atoms. The minimum Gasteiger partial charge on any atom is -0.326 e. The summed E-state index contributed by atoms with van der Waals surface area (Å²) in [6.07, 6.45) is 2.20. The maximum absolute atomic E-state index is 6.33. The minimum atomic E-state index is 0.195. The van der Waals surface area contributed by atoms with Crippen molar-refractivity contribution in [1.29, 1.82) is 0 Å². The van der Waals surface area contributed by atoms with Crippen LogP contribution in [0, 0.1) is 0 Å². The van der Waals surface area contributed by atoms with Crippen molar-refractivity contribution in [1.82, 2.24) is 4.90 Å². The lowest BCUT2D eigenvalue weighted by Crippen LogP contribution is -2.32. The molecule has 17 heavy (non-hydrogen) atoms. The molecule has 1 fully saturated rings. The van der Waals surface area contributed by atoms with Crippen LogP contribution in [0.1, 0.15) is 31.4 Å². The van der Waals surface area contributed by atoms with Crippen molar-refractivity contribution in [3.63, 3.8) is 0 Å². The summed E-state index contributed by atoms with van der Waals surface area (Å²) in [6.45, 7) is 4.36. The number of halogens is 2. The Bertz CT molecular complexity index is 395. The van der Waals surface area contributed by atoms with Crippen LogP contribution in [0.4, 0.5) is 0 Å². The second kappa shape index (κ2) is 5.70. The Labute approximate surface area is 116 Å². The average molecular weight is 318 g/mol. The SMILES string of the molecule is CCCN1CCC(N)C1c1ccc(Br)cc1Cl. The summed E-state index contributed by atoms with van der Waals surface area (Å²) >= 11 is 9.76. The van der Waals surface area contributed by atoms with Gasteiger partial charge in [-0.3, -0.25) is 4.90 Å². The van der Waals surface area contributed by atoms with E-state index in [9.17, 15) is 0 Å². The molecule has 1 heterocycles. The summed E-state index contributed by atoms with van der Waals surface area (Å²) in [5.41, 5.74) is 7.39. The van der Waals surface area contributed by atoms with E-state index in [1.54, 1.807) is 0 Å². The third-order valence-corrected chi connectivity index (χ3v) is 4.16. The number of benzene rings is 1. The van der Waals surface area contributed by atoms with Crippen molar-refractivity contribution in [2.24, 2.45) is 5.73 Å². The van der Waals surface area contributed by atoms with Gasteiger partial charge in [0.1, 0.15) is 0 Å². The molecule has 4 heteroatoms. The first-order chi connectivity index (χ1) is 8.13. The van der Waals surface area contributed by atoms with Gasteiger partial charge in [-0.2, -0.15) is 0 Å². The molecule has 1 aliphatic rings. The maximum atomic E-state index is 6.33. The molecular weight excluding hydrogens is 300 g/mol. The first-order valence-corrected chi connectivity index (χ1v) is 7.25. The van der Waals surface area contributed by atoms with Gasteiger partial charge in [0.2, 0.25) is 0 Å². The van der Waals surface area contributed by atoms with Gasteiger partial charge in [0.15, 0.2) is 0 Å². The van der Waals surface area contributed by atoms with E-state index in [0.29, 0.717) is 0 Å². The lowest BCUT2D eigenvalue weighted by Gasteiger charge is -2.27. The molecule has 1 aliphatic heterocycles. The van der Waals surface area contributed by atoms with E-state index >= 15 is 0 Å². The van der Waals surface area contributed by atoms with Crippen molar-refractivity contribution in [3.05, 3.63) is 33.3 Å². The molecule has 94 valence electrons. The van der Waals surface area contributed by atoms with Crippen LogP contribution in [-0.2, 0) is 0 Å². The fourth-order valence-corrected chi connectivity index (χ4v) is 3.37. The van der Waals surface area contributed by atoms with E-state index in [4.69, 9.17) is 17.3 Å². The molecule has 1 aromatic rings. The van der Waals surface area contributed by atoms with Crippen LogP contribution in [0.5, 0.6) is 0 Å². The molecule has 0 aliphatic carbocycles. The van der Waals surface area contributed by atoms with Crippen molar-refractivity contribution in [3.8, 4) is 0 Å². The summed E-state index contributed by atoms with van der Waals surface area (Å²) in [7, 11) is 0. The summed E-state index contributed by atoms with van der Waals surface area (Å²) < 4.78 is 1.01. The second-order valence-corrected chi connectivity index (χ2v) is 5.92. The van der Waals surface area contributed by atoms with Gasteiger partial charge < -0.3 is 5.73 Å². The van der Waals surface area contributed by atoms with E-state index in [1.165, 1.54) is 0 Å². The predicted octanol–water partition coefficient (Wildman–Crippen LogP) is 3.59. The van der Waals surface area contributed by atoms with Crippen molar-refractivity contribution < 1.29 is 0 Å². The molecule has 2 nitrogen and oxygen atoms in total. The van der Waals surface area contributed by atoms with E-state index < -0.39 is 0 Å². The zero-order valence-electron chi connectivity index (χ0n) is 10.00. The molecule has 2 atom stereocenters. The molecule has 1 aromatic carbocycles.